The molecule has 3 heterocycles. The lowest BCUT2D eigenvalue weighted by molar-refractivity contribution is -0.121. The molecule has 154 valence electrons. The Balaban J connectivity index is 2.28. The summed E-state index contributed by atoms with van der Waals surface area (Å²) in [6.45, 7) is 6.09. The standard InChI is InChI=1S/C21H26N4O2S2/c1-4-9-25-18(24-10-7-5-6-8-11-24)15(14(2)16(13-22)19(25)26)12-17-20(27)23(3)21(28)29-17/h12H,4-11H2,1-3H3. The Morgan fingerprint density at radius 3 is 2.38 bits per heavy atom. The number of thioether (sulfide) groups is 1. The number of nitriles is 1. The average Bonchev–Trinajstić information content (AvgIpc) is 2.90. The Bertz CT molecular complexity index is 966. The molecular formula is C21H26N4O2S2. The molecule has 0 radical (unpaired) electrons. The molecule has 0 atom stereocenters. The van der Waals surface area contributed by atoms with Crippen LogP contribution in [0, 0.1) is 18.3 Å². The first kappa shape index (κ1) is 21.6. The smallest absolute Gasteiger partial charge is 0.270 e. The highest BCUT2D eigenvalue weighted by Gasteiger charge is 2.31. The van der Waals surface area contributed by atoms with Crippen molar-refractivity contribution in [2.24, 2.45) is 0 Å². The van der Waals surface area contributed by atoms with Crippen LogP contribution < -0.4 is 10.5 Å². The van der Waals surface area contributed by atoms with E-state index in [1.165, 1.54) is 29.5 Å². The molecule has 0 spiro atoms. The molecule has 2 aliphatic heterocycles. The zero-order valence-corrected chi connectivity index (χ0v) is 18.8. The van der Waals surface area contributed by atoms with Crippen molar-refractivity contribution >= 4 is 46.1 Å². The number of carbonyl (C=O) groups is 1. The van der Waals surface area contributed by atoms with Crippen LogP contribution in [0.5, 0.6) is 0 Å². The van der Waals surface area contributed by atoms with Crippen molar-refractivity contribution in [1.29, 1.82) is 5.26 Å². The van der Waals surface area contributed by atoms with Gasteiger partial charge in [0.05, 0.1) is 4.91 Å². The van der Waals surface area contributed by atoms with E-state index >= 15 is 0 Å². The average molecular weight is 431 g/mol. The third-order valence-corrected chi connectivity index (χ3v) is 6.95. The summed E-state index contributed by atoms with van der Waals surface area (Å²) in [6, 6.07) is 2.09. The first-order valence-corrected chi connectivity index (χ1v) is 11.3. The fraction of sp³-hybridized carbons (Fsp3) is 0.524. The summed E-state index contributed by atoms with van der Waals surface area (Å²) in [6.07, 6.45) is 7.09. The Labute approximate surface area is 181 Å². The van der Waals surface area contributed by atoms with E-state index in [2.05, 4.69) is 11.0 Å². The number of nitrogens with zero attached hydrogens (tertiary/aromatic N) is 4. The highest BCUT2D eigenvalue weighted by atomic mass is 32.2. The van der Waals surface area contributed by atoms with Gasteiger partial charge in [-0.2, -0.15) is 5.26 Å². The summed E-state index contributed by atoms with van der Waals surface area (Å²) in [5, 5.41) is 9.66. The first-order chi connectivity index (χ1) is 13.9. The van der Waals surface area contributed by atoms with Crippen LogP contribution in [0.3, 0.4) is 0 Å². The second-order valence-electron chi connectivity index (χ2n) is 7.45. The first-order valence-electron chi connectivity index (χ1n) is 10.0. The molecule has 2 fully saturated rings. The van der Waals surface area contributed by atoms with Crippen molar-refractivity contribution in [1.82, 2.24) is 9.47 Å². The fourth-order valence-corrected chi connectivity index (χ4v) is 5.04. The van der Waals surface area contributed by atoms with Crippen molar-refractivity contribution < 1.29 is 4.79 Å². The number of rotatable bonds is 4. The highest BCUT2D eigenvalue weighted by molar-refractivity contribution is 8.26. The predicted octanol–water partition coefficient (Wildman–Crippen LogP) is 3.65. The molecule has 1 amide bonds. The normalized spacial score (nSPS) is 19.0. The van der Waals surface area contributed by atoms with E-state index in [0.29, 0.717) is 21.3 Å². The van der Waals surface area contributed by atoms with E-state index in [-0.39, 0.29) is 17.0 Å². The number of likely N-dealkylation sites (N-methyl/N-ethyl adjacent to an activating group) is 1. The van der Waals surface area contributed by atoms with E-state index in [1.54, 1.807) is 18.5 Å². The van der Waals surface area contributed by atoms with Crippen LogP contribution in [-0.2, 0) is 11.3 Å². The van der Waals surface area contributed by atoms with Gasteiger partial charge in [-0.25, -0.2) is 0 Å². The van der Waals surface area contributed by atoms with Crippen LogP contribution in [0.2, 0.25) is 0 Å². The largest absolute Gasteiger partial charge is 0.357 e. The van der Waals surface area contributed by atoms with Crippen LogP contribution in [0.1, 0.15) is 55.7 Å². The predicted molar refractivity (Wildman–Crippen MR) is 122 cm³/mol. The number of hydrogen-bond donors (Lipinski definition) is 0. The minimum absolute atomic E-state index is 0.145. The van der Waals surface area contributed by atoms with Gasteiger partial charge in [0.25, 0.3) is 11.5 Å². The molecule has 1 aromatic heterocycles. The minimum Gasteiger partial charge on any atom is -0.357 e. The number of hydrogen-bond acceptors (Lipinski definition) is 6. The summed E-state index contributed by atoms with van der Waals surface area (Å²) in [4.78, 5) is 30.0. The minimum atomic E-state index is -0.244. The fourth-order valence-electron chi connectivity index (χ4n) is 3.88. The maximum Gasteiger partial charge on any atom is 0.270 e. The van der Waals surface area contributed by atoms with E-state index in [9.17, 15) is 14.9 Å². The monoisotopic (exact) mass is 430 g/mol. The number of pyridine rings is 1. The zero-order valence-electron chi connectivity index (χ0n) is 17.2. The Morgan fingerprint density at radius 2 is 1.86 bits per heavy atom. The summed E-state index contributed by atoms with van der Waals surface area (Å²) in [7, 11) is 1.67. The van der Waals surface area contributed by atoms with Gasteiger partial charge in [-0.1, -0.05) is 43.7 Å². The number of amides is 1. The molecule has 0 bridgehead atoms. The van der Waals surface area contributed by atoms with Gasteiger partial charge in [-0.05, 0) is 37.8 Å². The number of anilines is 1. The third kappa shape index (κ3) is 4.12. The van der Waals surface area contributed by atoms with Crippen molar-refractivity contribution in [2.75, 3.05) is 25.0 Å². The molecule has 6 nitrogen and oxygen atoms in total. The van der Waals surface area contributed by atoms with Crippen LogP contribution >= 0.6 is 24.0 Å². The molecule has 0 saturated carbocycles. The number of carbonyl (C=O) groups excluding carboxylic acids is 1. The van der Waals surface area contributed by atoms with Crippen LogP contribution in [0.4, 0.5) is 5.82 Å². The summed E-state index contributed by atoms with van der Waals surface area (Å²) < 4.78 is 2.24. The van der Waals surface area contributed by atoms with Gasteiger partial charge in [0.1, 0.15) is 21.8 Å². The van der Waals surface area contributed by atoms with Gasteiger partial charge in [-0.3, -0.25) is 19.1 Å². The SMILES string of the molecule is CCCn1c(N2CCCCCC2)c(C=C2SC(=S)N(C)C2=O)c(C)c(C#N)c1=O. The lowest BCUT2D eigenvalue weighted by Gasteiger charge is -2.29. The van der Waals surface area contributed by atoms with Crippen molar-refractivity contribution in [3.8, 4) is 6.07 Å². The van der Waals surface area contributed by atoms with E-state index < -0.39 is 0 Å². The van der Waals surface area contributed by atoms with E-state index in [4.69, 9.17) is 12.2 Å². The summed E-state index contributed by atoms with van der Waals surface area (Å²) in [5.74, 6) is 0.685. The van der Waals surface area contributed by atoms with Crippen LogP contribution in [0.25, 0.3) is 6.08 Å². The van der Waals surface area contributed by atoms with Crippen LogP contribution in [0.15, 0.2) is 9.70 Å². The quantitative estimate of drug-likeness (QED) is 0.536. The molecule has 1 aromatic rings. The molecular weight excluding hydrogens is 404 g/mol. The lowest BCUT2D eigenvalue weighted by Crippen LogP contribution is -2.35. The molecule has 0 unspecified atom stereocenters. The van der Waals surface area contributed by atoms with Gasteiger partial charge >= 0.3 is 0 Å². The lowest BCUT2D eigenvalue weighted by atomic mass is 10.0. The van der Waals surface area contributed by atoms with E-state index in [0.717, 1.165) is 43.7 Å². The molecule has 2 saturated heterocycles. The molecule has 8 heteroatoms. The van der Waals surface area contributed by atoms with Gasteiger partial charge in [0, 0.05) is 32.2 Å². The number of thiocarbonyl (C=S) groups is 1. The van der Waals surface area contributed by atoms with Crippen molar-refractivity contribution in [2.45, 2.75) is 52.5 Å². The molecule has 0 N–H and O–H groups in total. The van der Waals surface area contributed by atoms with E-state index in [1.807, 2.05) is 13.0 Å². The number of aromatic nitrogens is 1. The van der Waals surface area contributed by atoms with Crippen molar-refractivity contribution in [3.63, 3.8) is 0 Å². The maximum atomic E-state index is 13.1. The van der Waals surface area contributed by atoms with Gasteiger partial charge in [0.15, 0.2) is 0 Å². The zero-order chi connectivity index (χ0) is 21.1. The maximum absolute atomic E-state index is 13.1. The summed E-state index contributed by atoms with van der Waals surface area (Å²) in [5.41, 5.74) is 1.32. The summed E-state index contributed by atoms with van der Waals surface area (Å²) >= 11 is 6.53. The highest BCUT2D eigenvalue weighted by Crippen LogP contribution is 2.35. The van der Waals surface area contributed by atoms with Crippen LogP contribution in [-0.4, -0.2) is 39.8 Å². The van der Waals surface area contributed by atoms with Crippen molar-refractivity contribution in [3.05, 3.63) is 31.9 Å². The second kappa shape index (κ2) is 9.14. The molecule has 3 rings (SSSR count). The molecule has 2 aliphatic rings. The Hall–Kier alpha value is -2.11. The van der Waals surface area contributed by atoms with Gasteiger partial charge in [-0.15, -0.1) is 0 Å². The van der Waals surface area contributed by atoms with Gasteiger partial charge in [0.2, 0.25) is 0 Å². The third-order valence-electron chi connectivity index (χ3n) is 5.46. The topological polar surface area (TPSA) is 69.3 Å². The van der Waals surface area contributed by atoms with Gasteiger partial charge < -0.3 is 4.90 Å². The Morgan fingerprint density at radius 1 is 1.21 bits per heavy atom. The molecule has 0 aromatic carbocycles. The Kier molecular flexibility index (Phi) is 6.81. The molecule has 29 heavy (non-hydrogen) atoms. The second-order valence-corrected chi connectivity index (χ2v) is 9.12. The molecule has 0 aliphatic carbocycles.